The molecule has 0 rings (SSSR count). The van der Waals surface area contributed by atoms with Gasteiger partial charge in [-0.25, -0.2) is 0 Å². The van der Waals surface area contributed by atoms with Gasteiger partial charge in [0.2, 0.25) is 5.91 Å². The highest BCUT2D eigenvalue weighted by atomic mass is 35.5. The SMILES string of the molecule is Cl.Cl.NC(=O)C=CO. The molecule has 0 fully saturated rings. The molecule has 5 heteroatoms. The Hall–Kier alpha value is -0.410. The molecule has 0 aliphatic rings. The summed E-state index contributed by atoms with van der Waals surface area (Å²) in [7, 11) is 0. The van der Waals surface area contributed by atoms with E-state index in [0.717, 1.165) is 6.08 Å². The van der Waals surface area contributed by atoms with Gasteiger partial charge in [-0.1, -0.05) is 0 Å². The first-order chi connectivity index (χ1) is 2.77. The molecule has 0 aromatic heterocycles. The molecule has 0 saturated carbocycles. The molecule has 8 heavy (non-hydrogen) atoms. The minimum absolute atomic E-state index is 0. The number of nitrogens with two attached hydrogens (primary N) is 1. The van der Waals surface area contributed by atoms with Crippen LogP contribution >= 0.6 is 24.8 Å². The summed E-state index contributed by atoms with van der Waals surface area (Å²) < 4.78 is 0. The van der Waals surface area contributed by atoms with Crippen LogP contribution in [0.4, 0.5) is 0 Å². The predicted molar refractivity (Wildman–Crippen MR) is 35.5 cm³/mol. The number of primary amides is 1. The second-order valence-corrected chi connectivity index (χ2v) is 0.718. The van der Waals surface area contributed by atoms with Gasteiger partial charge < -0.3 is 10.8 Å². The standard InChI is InChI=1S/C3H5NO2.2ClH/c4-3(6)1-2-5;;/h1-2,5H,(H2,4,6);2*1H. The molecule has 0 saturated heterocycles. The molecule has 0 aliphatic heterocycles. The summed E-state index contributed by atoms with van der Waals surface area (Å²) in [6.07, 6.45) is 1.46. The number of rotatable bonds is 1. The number of carbonyl (C=O) groups is 1. The smallest absolute Gasteiger partial charge is 0.244 e. The molecule has 50 valence electrons. The van der Waals surface area contributed by atoms with Crippen molar-refractivity contribution in [2.45, 2.75) is 0 Å². The van der Waals surface area contributed by atoms with Gasteiger partial charge in [0.05, 0.1) is 6.26 Å². The number of aliphatic hydroxyl groups excluding tert-OH is 1. The Labute approximate surface area is 59.4 Å². The first-order valence-electron chi connectivity index (χ1n) is 1.37. The monoisotopic (exact) mass is 159 g/mol. The second-order valence-electron chi connectivity index (χ2n) is 0.718. The van der Waals surface area contributed by atoms with Crippen LogP contribution < -0.4 is 5.73 Å². The van der Waals surface area contributed by atoms with Gasteiger partial charge in [0.1, 0.15) is 0 Å². The fraction of sp³-hybridized carbons (Fsp3) is 0. The Kier molecular flexibility index (Phi) is 19.1. The van der Waals surface area contributed by atoms with Crippen molar-refractivity contribution in [1.82, 2.24) is 0 Å². The van der Waals surface area contributed by atoms with Crippen molar-refractivity contribution in [2.75, 3.05) is 0 Å². The van der Waals surface area contributed by atoms with Crippen LogP contribution in [-0.2, 0) is 4.79 Å². The van der Waals surface area contributed by atoms with E-state index in [1.807, 2.05) is 0 Å². The van der Waals surface area contributed by atoms with E-state index in [9.17, 15) is 4.79 Å². The third-order valence-electron chi connectivity index (χ3n) is 0.239. The lowest BCUT2D eigenvalue weighted by molar-refractivity contribution is -0.113. The summed E-state index contributed by atoms with van der Waals surface area (Å²) in [5, 5.41) is 7.76. The van der Waals surface area contributed by atoms with Crippen molar-refractivity contribution in [3.05, 3.63) is 12.3 Å². The highest BCUT2D eigenvalue weighted by Crippen LogP contribution is 1.58. The van der Waals surface area contributed by atoms with Gasteiger partial charge in [-0.2, -0.15) is 0 Å². The molecule has 3 N–H and O–H groups in total. The Morgan fingerprint density at radius 1 is 1.50 bits per heavy atom. The topological polar surface area (TPSA) is 63.3 Å². The highest BCUT2D eigenvalue weighted by Gasteiger charge is 1.74. The third kappa shape index (κ3) is 17.6. The molecule has 0 aliphatic carbocycles. The van der Waals surface area contributed by atoms with Crippen LogP contribution in [-0.4, -0.2) is 11.0 Å². The zero-order valence-corrected chi connectivity index (χ0v) is 5.54. The van der Waals surface area contributed by atoms with Gasteiger partial charge in [0.15, 0.2) is 0 Å². The molecule has 0 aromatic carbocycles. The van der Waals surface area contributed by atoms with E-state index in [1.54, 1.807) is 0 Å². The Morgan fingerprint density at radius 3 is 1.88 bits per heavy atom. The lowest BCUT2D eigenvalue weighted by Gasteiger charge is -1.69. The lowest BCUT2D eigenvalue weighted by Crippen LogP contribution is -2.04. The minimum Gasteiger partial charge on any atom is -0.515 e. The van der Waals surface area contributed by atoms with Crippen molar-refractivity contribution in [3.63, 3.8) is 0 Å². The van der Waals surface area contributed by atoms with E-state index >= 15 is 0 Å². The maximum atomic E-state index is 9.57. The Morgan fingerprint density at radius 2 is 1.88 bits per heavy atom. The molecule has 0 unspecified atom stereocenters. The van der Waals surface area contributed by atoms with E-state index < -0.39 is 5.91 Å². The molecule has 0 radical (unpaired) electrons. The molecule has 0 aromatic rings. The molecule has 0 bridgehead atoms. The average Bonchev–Trinajstić information content (AvgIpc) is 1.35. The van der Waals surface area contributed by atoms with Gasteiger partial charge in [0, 0.05) is 6.08 Å². The first-order valence-corrected chi connectivity index (χ1v) is 1.37. The van der Waals surface area contributed by atoms with Crippen LogP contribution in [0.3, 0.4) is 0 Å². The summed E-state index contributed by atoms with van der Waals surface area (Å²) >= 11 is 0. The summed E-state index contributed by atoms with van der Waals surface area (Å²) in [4.78, 5) is 9.57. The van der Waals surface area contributed by atoms with Crippen molar-refractivity contribution in [2.24, 2.45) is 5.73 Å². The summed E-state index contributed by atoms with van der Waals surface area (Å²) in [6, 6.07) is 0. The highest BCUT2D eigenvalue weighted by molar-refractivity contribution is 5.85. The fourth-order valence-electron chi connectivity index (χ4n) is 0.0735. The average molecular weight is 160 g/mol. The summed E-state index contributed by atoms with van der Waals surface area (Å²) in [5.74, 6) is -0.641. The number of carbonyl (C=O) groups excluding carboxylic acids is 1. The zero-order valence-electron chi connectivity index (χ0n) is 3.90. The van der Waals surface area contributed by atoms with E-state index in [0.29, 0.717) is 6.26 Å². The van der Waals surface area contributed by atoms with Crippen LogP contribution in [0.15, 0.2) is 12.3 Å². The van der Waals surface area contributed by atoms with Crippen molar-refractivity contribution in [3.8, 4) is 0 Å². The summed E-state index contributed by atoms with van der Waals surface area (Å²) in [5.41, 5.74) is 4.52. The van der Waals surface area contributed by atoms with E-state index in [2.05, 4.69) is 5.73 Å². The Balaban J connectivity index is -0.000000125. The molecule has 1 amide bonds. The minimum atomic E-state index is -0.641. The van der Waals surface area contributed by atoms with Gasteiger partial charge in [-0.05, 0) is 0 Å². The van der Waals surface area contributed by atoms with Crippen molar-refractivity contribution >= 4 is 30.7 Å². The second kappa shape index (κ2) is 9.77. The first kappa shape index (κ1) is 15.6. The quantitative estimate of drug-likeness (QED) is 0.430. The number of aliphatic hydroxyl groups is 1. The molecule has 0 heterocycles. The van der Waals surface area contributed by atoms with E-state index in [1.165, 1.54) is 0 Å². The van der Waals surface area contributed by atoms with Crippen LogP contribution in [0.25, 0.3) is 0 Å². The largest absolute Gasteiger partial charge is 0.515 e. The molecule has 0 atom stereocenters. The normalized spacial score (nSPS) is 7.00. The third-order valence-corrected chi connectivity index (χ3v) is 0.239. The Bertz CT molecular complexity index is 83.4. The summed E-state index contributed by atoms with van der Waals surface area (Å²) in [6.45, 7) is 0. The number of hydrogen-bond acceptors (Lipinski definition) is 2. The molecule has 0 spiro atoms. The number of amides is 1. The van der Waals surface area contributed by atoms with E-state index in [4.69, 9.17) is 5.11 Å². The predicted octanol–water partition coefficient (Wildman–Crippen LogP) is 0.387. The van der Waals surface area contributed by atoms with Crippen molar-refractivity contribution < 1.29 is 9.90 Å². The van der Waals surface area contributed by atoms with Gasteiger partial charge >= 0.3 is 0 Å². The molecular weight excluding hydrogens is 153 g/mol. The number of halogens is 2. The van der Waals surface area contributed by atoms with Gasteiger partial charge in [0.25, 0.3) is 0 Å². The van der Waals surface area contributed by atoms with Crippen LogP contribution in [0.2, 0.25) is 0 Å². The van der Waals surface area contributed by atoms with Gasteiger partial charge in [-0.15, -0.1) is 24.8 Å². The fourth-order valence-corrected chi connectivity index (χ4v) is 0.0735. The zero-order chi connectivity index (χ0) is 4.99. The molecule has 3 nitrogen and oxygen atoms in total. The maximum Gasteiger partial charge on any atom is 0.244 e. The molecular formula is C3H7Cl2NO2. The van der Waals surface area contributed by atoms with Crippen molar-refractivity contribution in [1.29, 1.82) is 0 Å². The van der Waals surface area contributed by atoms with E-state index in [-0.39, 0.29) is 24.8 Å². The maximum absolute atomic E-state index is 9.57. The van der Waals surface area contributed by atoms with Gasteiger partial charge in [-0.3, -0.25) is 4.79 Å². The van der Waals surface area contributed by atoms with Crippen LogP contribution in [0, 0.1) is 0 Å². The van der Waals surface area contributed by atoms with Crippen LogP contribution in [0.1, 0.15) is 0 Å². The number of hydrogen-bond donors (Lipinski definition) is 2. The lowest BCUT2D eigenvalue weighted by atomic mass is 10.6. The van der Waals surface area contributed by atoms with Crippen LogP contribution in [0.5, 0.6) is 0 Å².